The van der Waals surface area contributed by atoms with Crippen molar-refractivity contribution in [2.45, 2.75) is 46.5 Å². The fourth-order valence-electron chi connectivity index (χ4n) is 1.23. The van der Waals surface area contributed by atoms with E-state index < -0.39 is 11.2 Å². The first-order valence-electron chi connectivity index (χ1n) is 5.20. The van der Waals surface area contributed by atoms with Gasteiger partial charge in [0.15, 0.2) is 5.79 Å². The summed E-state index contributed by atoms with van der Waals surface area (Å²) in [6.45, 7) is 9.91. The highest BCUT2D eigenvalue weighted by Crippen LogP contribution is 2.23. The number of esters is 1. The Balaban J connectivity index is 2.31. The second-order valence-corrected chi connectivity index (χ2v) is 5.30. The summed E-state index contributed by atoms with van der Waals surface area (Å²) in [5, 5.41) is 0. The molecule has 1 aliphatic rings. The molecule has 0 saturated carbocycles. The van der Waals surface area contributed by atoms with Crippen molar-refractivity contribution in [2.24, 2.45) is 5.41 Å². The monoisotopic (exact) mass is 216 g/mol. The molecule has 0 spiro atoms. The lowest BCUT2D eigenvalue weighted by atomic mass is 9.97. The van der Waals surface area contributed by atoms with E-state index in [9.17, 15) is 4.79 Å². The van der Waals surface area contributed by atoms with Crippen LogP contribution in [0, 0.1) is 5.41 Å². The van der Waals surface area contributed by atoms with Gasteiger partial charge in [-0.1, -0.05) is 0 Å². The zero-order chi connectivity index (χ0) is 11.7. The Morgan fingerprint density at radius 1 is 1.47 bits per heavy atom. The van der Waals surface area contributed by atoms with Gasteiger partial charge < -0.3 is 14.2 Å². The molecule has 1 aliphatic heterocycles. The summed E-state index contributed by atoms with van der Waals surface area (Å²) in [6, 6.07) is 0. The van der Waals surface area contributed by atoms with Gasteiger partial charge in [-0.2, -0.15) is 0 Å². The minimum Gasteiger partial charge on any atom is -0.462 e. The predicted octanol–water partition coefficient (Wildman–Crippen LogP) is 1.73. The lowest BCUT2D eigenvalue weighted by molar-refractivity contribution is -0.164. The normalized spacial score (nSPS) is 25.3. The highest BCUT2D eigenvalue weighted by molar-refractivity contribution is 5.75. The van der Waals surface area contributed by atoms with Crippen molar-refractivity contribution in [1.29, 1.82) is 0 Å². The van der Waals surface area contributed by atoms with E-state index >= 15 is 0 Å². The molecule has 88 valence electrons. The molecule has 0 aliphatic carbocycles. The summed E-state index contributed by atoms with van der Waals surface area (Å²) in [5.74, 6) is -0.769. The quantitative estimate of drug-likeness (QED) is 0.659. The van der Waals surface area contributed by atoms with Crippen molar-refractivity contribution in [3.05, 3.63) is 0 Å². The van der Waals surface area contributed by atoms with Gasteiger partial charge in [-0.15, -0.1) is 0 Å². The molecule has 1 fully saturated rings. The Morgan fingerprint density at radius 2 is 2.07 bits per heavy atom. The molecule has 1 atom stereocenters. The Hall–Kier alpha value is -0.610. The molecule has 1 saturated heterocycles. The van der Waals surface area contributed by atoms with Crippen molar-refractivity contribution in [2.75, 3.05) is 13.2 Å². The van der Waals surface area contributed by atoms with Crippen LogP contribution in [-0.4, -0.2) is 31.1 Å². The van der Waals surface area contributed by atoms with Gasteiger partial charge in [0.05, 0.1) is 12.0 Å². The highest BCUT2D eigenvalue weighted by Gasteiger charge is 2.34. The van der Waals surface area contributed by atoms with Gasteiger partial charge in [-0.25, -0.2) is 0 Å². The van der Waals surface area contributed by atoms with Gasteiger partial charge in [0.1, 0.15) is 12.7 Å². The molecule has 1 heterocycles. The molecule has 0 amide bonds. The van der Waals surface area contributed by atoms with Crippen molar-refractivity contribution in [3.8, 4) is 0 Å². The van der Waals surface area contributed by atoms with Gasteiger partial charge in [-0.05, 0) is 34.6 Å². The maximum absolute atomic E-state index is 11.5. The van der Waals surface area contributed by atoms with Crippen LogP contribution in [0.3, 0.4) is 0 Å². The van der Waals surface area contributed by atoms with Crippen molar-refractivity contribution >= 4 is 5.97 Å². The average Bonchev–Trinajstić information content (AvgIpc) is 2.39. The first-order chi connectivity index (χ1) is 6.71. The maximum atomic E-state index is 11.5. The summed E-state index contributed by atoms with van der Waals surface area (Å²) < 4.78 is 16.0. The van der Waals surface area contributed by atoms with Gasteiger partial charge in [0.25, 0.3) is 0 Å². The minimum atomic E-state index is -0.557. The molecule has 0 aromatic heterocycles. The summed E-state index contributed by atoms with van der Waals surface area (Å²) >= 11 is 0. The molecule has 1 rings (SSSR count). The minimum absolute atomic E-state index is 0.147. The fraction of sp³-hybridized carbons (Fsp3) is 0.909. The second-order valence-electron chi connectivity index (χ2n) is 5.30. The number of hydrogen-bond acceptors (Lipinski definition) is 4. The molecule has 1 unspecified atom stereocenters. The van der Waals surface area contributed by atoms with Gasteiger partial charge in [0, 0.05) is 0 Å². The first kappa shape index (κ1) is 12.5. The number of rotatable bonds is 2. The molecular formula is C11H20O4. The van der Waals surface area contributed by atoms with Crippen LogP contribution in [-0.2, 0) is 19.0 Å². The Morgan fingerprint density at radius 3 is 2.47 bits per heavy atom. The lowest BCUT2D eigenvalue weighted by Crippen LogP contribution is -2.29. The molecular weight excluding hydrogens is 196 g/mol. The van der Waals surface area contributed by atoms with Crippen LogP contribution in [0.1, 0.15) is 34.6 Å². The van der Waals surface area contributed by atoms with Crippen molar-refractivity contribution in [3.63, 3.8) is 0 Å². The highest BCUT2D eigenvalue weighted by atomic mass is 16.7. The topological polar surface area (TPSA) is 44.8 Å². The van der Waals surface area contributed by atoms with Crippen molar-refractivity contribution in [1.82, 2.24) is 0 Å². The molecule has 0 aromatic carbocycles. The Kier molecular flexibility index (Phi) is 3.41. The zero-order valence-corrected chi connectivity index (χ0v) is 10.1. The third-order valence-corrected chi connectivity index (χ3v) is 2.08. The first-order valence-corrected chi connectivity index (χ1v) is 5.20. The molecule has 4 heteroatoms. The summed E-state index contributed by atoms with van der Waals surface area (Å²) in [4.78, 5) is 11.5. The summed E-state index contributed by atoms with van der Waals surface area (Å²) in [7, 11) is 0. The number of ether oxygens (including phenoxy) is 3. The van der Waals surface area contributed by atoms with Crippen LogP contribution in [0.15, 0.2) is 0 Å². The van der Waals surface area contributed by atoms with Gasteiger partial charge in [0.2, 0.25) is 0 Å². The standard InChI is InChI=1S/C11H20O4/c1-10(2,3)9(12)13-6-8-7-14-11(4,5)15-8/h8H,6-7H2,1-5H3. The molecule has 0 aromatic rings. The summed E-state index contributed by atoms with van der Waals surface area (Å²) in [5.41, 5.74) is -0.463. The van der Waals surface area contributed by atoms with E-state index in [0.29, 0.717) is 6.61 Å². The van der Waals surface area contributed by atoms with E-state index in [1.165, 1.54) is 0 Å². The number of carbonyl (C=O) groups excluding carboxylic acids is 1. The predicted molar refractivity (Wildman–Crippen MR) is 55.3 cm³/mol. The molecule has 0 N–H and O–H groups in total. The second kappa shape index (κ2) is 4.10. The van der Waals surface area contributed by atoms with Crippen LogP contribution in [0.4, 0.5) is 0 Å². The van der Waals surface area contributed by atoms with E-state index in [2.05, 4.69) is 0 Å². The van der Waals surface area contributed by atoms with Gasteiger partial charge >= 0.3 is 5.97 Å². The third kappa shape index (κ3) is 3.80. The molecule has 4 nitrogen and oxygen atoms in total. The lowest BCUT2D eigenvalue weighted by Gasteiger charge is -2.19. The van der Waals surface area contributed by atoms with Crippen LogP contribution < -0.4 is 0 Å². The summed E-state index contributed by atoms with van der Waals surface area (Å²) in [6.07, 6.45) is -0.147. The zero-order valence-electron chi connectivity index (χ0n) is 10.1. The van der Waals surface area contributed by atoms with Crippen molar-refractivity contribution < 1.29 is 19.0 Å². The molecule has 0 radical (unpaired) electrons. The largest absolute Gasteiger partial charge is 0.462 e. The van der Waals surface area contributed by atoms with E-state index in [4.69, 9.17) is 14.2 Å². The van der Waals surface area contributed by atoms with E-state index in [1.54, 1.807) is 0 Å². The van der Waals surface area contributed by atoms with Crippen LogP contribution in [0.2, 0.25) is 0 Å². The van der Waals surface area contributed by atoms with Crippen LogP contribution in [0.5, 0.6) is 0 Å². The average molecular weight is 216 g/mol. The Bertz CT molecular complexity index is 239. The molecule has 15 heavy (non-hydrogen) atoms. The number of hydrogen-bond donors (Lipinski definition) is 0. The SMILES string of the molecule is CC1(C)OCC(COC(=O)C(C)(C)C)O1. The van der Waals surface area contributed by atoms with E-state index in [0.717, 1.165) is 0 Å². The maximum Gasteiger partial charge on any atom is 0.311 e. The van der Waals surface area contributed by atoms with Crippen LogP contribution >= 0.6 is 0 Å². The fourth-order valence-corrected chi connectivity index (χ4v) is 1.23. The van der Waals surface area contributed by atoms with Gasteiger partial charge in [-0.3, -0.25) is 4.79 Å². The number of carbonyl (C=O) groups is 1. The van der Waals surface area contributed by atoms with E-state index in [-0.39, 0.29) is 18.7 Å². The van der Waals surface area contributed by atoms with Crippen LogP contribution in [0.25, 0.3) is 0 Å². The Labute approximate surface area is 90.9 Å². The molecule has 0 bridgehead atoms. The van der Waals surface area contributed by atoms with E-state index in [1.807, 2.05) is 34.6 Å². The smallest absolute Gasteiger partial charge is 0.311 e. The third-order valence-electron chi connectivity index (χ3n) is 2.08.